The Labute approximate surface area is 169 Å². The number of anilines is 1. The van der Waals surface area contributed by atoms with Gasteiger partial charge in [0.15, 0.2) is 0 Å². The minimum atomic E-state index is -4.37. The topological polar surface area (TPSA) is 57.3 Å². The molecule has 1 aromatic heterocycles. The molecule has 1 unspecified atom stereocenters. The molecule has 0 radical (unpaired) electrons. The van der Waals surface area contributed by atoms with Crippen molar-refractivity contribution in [1.82, 2.24) is 15.6 Å². The second-order valence-electron chi connectivity index (χ2n) is 6.68. The number of rotatable bonds is 3. The van der Waals surface area contributed by atoms with Crippen LogP contribution in [0.2, 0.25) is 0 Å². The molecule has 0 saturated carbocycles. The van der Waals surface area contributed by atoms with Crippen LogP contribution in [0.5, 0.6) is 0 Å². The van der Waals surface area contributed by atoms with Crippen molar-refractivity contribution in [2.24, 2.45) is 0 Å². The van der Waals surface area contributed by atoms with Crippen LogP contribution in [0.4, 0.5) is 19.0 Å². The number of nitrogens with zero attached hydrogens (tertiary/aromatic N) is 2. The predicted octanol–water partition coefficient (Wildman–Crippen LogP) is 3.17. The van der Waals surface area contributed by atoms with Crippen LogP contribution in [-0.2, 0) is 11.0 Å². The highest BCUT2D eigenvalue weighted by Gasteiger charge is 2.31. The Morgan fingerprint density at radius 1 is 1.15 bits per heavy atom. The van der Waals surface area contributed by atoms with Crippen LogP contribution in [0.3, 0.4) is 0 Å². The number of hydrogen-bond acceptors (Lipinski definition) is 4. The maximum Gasteiger partial charge on any atom is 0.417 e. The molecule has 2 aliphatic heterocycles. The smallest absolute Gasteiger partial charge is 0.356 e. The maximum absolute atomic E-state index is 12.6. The van der Waals surface area contributed by atoms with E-state index in [1.54, 1.807) is 0 Å². The Morgan fingerprint density at radius 3 is 2.37 bits per heavy atom. The first-order valence-electron chi connectivity index (χ1n) is 8.75. The second kappa shape index (κ2) is 10.3. The van der Waals surface area contributed by atoms with Crippen molar-refractivity contribution in [3.63, 3.8) is 0 Å². The van der Waals surface area contributed by atoms with Crippen molar-refractivity contribution in [3.8, 4) is 0 Å². The average molecular weight is 429 g/mol. The molecule has 2 aliphatic rings. The Morgan fingerprint density at radius 2 is 1.85 bits per heavy atom. The van der Waals surface area contributed by atoms with Gasteiger partial charge in [0, 0.05) is 25.3 Å². The number of aromatic nitrogens is 1. The van der Waals surface area contributed by atoms with E-state index in [2.05, 4.69) is 15.6 Å². The molecule has 2 fully saturated rings. The zero-order chi connectivity index (χ0) is 17.9. The van der Waals surface area contributed by atoms with Crippen molar-refractivity contribution >= 4 is 36.5 Å². The van der Waals surface area contributed by atoms with Crippen LogP contribution in [0.15, 0.2) is 18.3 Å². The first kappa shape index (κ1) is 23.8. The van der Waals surface area contributed by atoms with Crippen LogP contribution in [0, 0.1) is 0 Å². The van der Waals surface area contributed by atoms with Gasteiger partial charge in [-0.1, -0.05) is 6.42 Å². The third-order valence-electron chi connectivity index (χ3n) is 4.87. The number of amides is 1. The van der Waals surface area contributed by atoms with Crippen LogP contribution in [0.25, 0.3) is 0 Å². The lowest BCUT2D eigenvalue weighted by Gasteiger charge is -2.34. The summed E-state index contributed by atoms with van der Waals surface area (Å²) in [5.74, 6) is 0.609. The van der Waals surface area contributed by atoms with Crippen molar-refractivity contribution < 1.29 is 18.0 Å². The fraction of sp³-hybridized carbons (Fsp3) is 0.647. The molecule has 154 valence electrons. The van der Waals surface area contributed by atoms with Gasteiger partial charge in [0.05, 0.1) is 11.6 Å². The van der Waals surface area contributed by atoms with E-state index >= 15 is 0 Å². The molecule has 1 atom stereocenters. The Bertz CT molecular complexity index is 587. The lowest BCUT2D eigenvalue weighted by Crippen LogP contribution is -2.52. The van der Waals surface area contributed by atoms with Crippen LogP contribution >= 0.6 is 24.8 Å². The number of carbonyl (C=O) groups is 1. The fourth-order valence-corrected chi connectivity index (χ4v) is 3.37. The first-order chi connectivity index (χ1) is 11.9. The van der Waals surface area contributed by atoms with Gasteiger partial charge in [-0.05, 0) is 44.4 Å². The van der Waals surface area contributed by atoms with Gasteiger partial charge in [-0.3, -0.25) is 4.79 Å². The normalized spacial score (nSPS) is 21.0. The van der Waals surface area contributed by atoms with E-state index in [0.29, 0.717) is 18.9 Å². The second-order valence-corrected chi connectivity index (χ2v) is 6.68. The number of nitrogens with one attached hydrogen (secondary N) is 2. The Balaban J connectivity index is 0.00000182. The molecule has 0 spiro atoms. The lowest BCUT2D eigenvalue weighted by atomic mass is 10.0. The van der Waals surface area contributed by atoms with E-state index < -0.39 is 11.7 Å². The molecule has 2 saturated heterocycles. The molecule has 1 amide bonds. The van der Waals surface area contributed by atoms with Gasteiger partial charge in [0.2, 0.25) is 5.91 Å². The summed E-state index contributed by atoms with van der Waals surface area (Å²) in [7, 11) is 0. The zero-order valence-electron chi connectivity index (χ0n) is 14.8. The van der Waals surface area contributed by atoms with E-state index in [0.717, 1.165) is 50.9 Å². The average Bonchev–Trinajstić information content (AvgIpc) is 2.62. The standard InChI is InChI=1S/C17H23F3N4O.2ClH/c18-17(19,20)12-4-5-15(22-11-12)24-9-6-13(7-10-24)23-16(25)14-3-1-2-8-21-14;;/h4-5,11,13-14,21H,1-3,6-10H2,(H,23,25);2*1H. The zero-order valence-corrected chi connectivity index (χ0v) is 16.4. The number of piperidine rings is 2. The molecular formula is C17H25Cl2F3N4O. The van der Waals surface area contributed by atoms with Gasteiger partial charge < -0.3 is 15.5 Å². The molecule has 5 nitrogen and oxygen atoms in total. The molecule has 3 rings (SSSR count). The first-order valence-corrected chi connectivity index (χ1v) is 8.75. The van der Waals surface area contributed by atoms with E-state index in [1.165, 1.54) is 6.07 Å². The lowest BCUT2D eigenvalue weighted by molar-refractivity contribution is -0.137. The molecule has 0 bridgehead atoms. The Hall–Kier alpha value is -1.25. The maximum atomic E-state index is 12.6. The third-order valence-corrected chi connectivity index (χ3v) is 4.87. The van der Waals surface area contributed by atoms with Gasteiger partial charge in [-0.15, -0.1) is 24.8 Å². The minimum absolute atomic E-state index is 0. The van der Waals surface area contributed by atoms with E-state index in [-0.39, 0.29) is 42.8 Å². The van der Waals surface area contributed by atoms with E-state index in [1.807, 2.05) is 4.90 Å². The summed E-state index contributed by atoms with van der Waals surface area (Å²) in [6.45, 7) is 2.22. The summed E-state index contributed by atoms with van der Waals surface area (Å²) < 4.78 is 37.8. The van der Waals surface area contributed by atoms with Gasteiger partial charge >= 0.3 is 6.18 Å². The number of alkyl halides is 3. The highest BCUT2D eigenvalue weighted by Crippen LogP contribution is 2.29. The van der Waals surface area contributed by atoms with E-state index in [9.17, 15) is 18.0 Å². The number of pyridine rings is 1. The van der Waals surface area contributed by atoms with Crippen molar-refractivity contribution in [2.75, 3.05) is 24.5 Å². The van der Waals surface area contributed by atoms with Gasteiger partial charge in [-0.25, -0.2) is 4.98 Å². The van der Waals surface area contributed by atoms with Gasteiger partial charge in [0.1, 0.15) is 5.82 Å². The van der Waals surface area contributed by atoms with Crippen LogP contribution in [-0.4, -0.2) is 42.6 Å². The summed E-state index contributed by atoms with van der Waals surface area (Å²) in [6.07, 6.45) is 1.10. The molecule has 0 aliphatic carbocycles. The van der Waals surface area contributed by atoms with Crippen LogP contribution in [0.1, 0.15) is 37.7 Å². The van der Waals surface area contributed by atoms with Crippen molar-refractivity contribution in [3.05, 3.63) is 23.9 Å². The molecule has 1 aromatic rings. The molecule has 27 heavy (non-hydrogen) atoms. The van der Waals surface area contributed by atoms with Crippen molar-refractivity contribution in [1.29, 1.82) is 0 Å². The summed E-state index contributed by atoms with van der Waals surface area (Å²) in [6, 6.07) is 2.49. The monoisotopic (exact) mass is 428 g/mol. The number of halogens is 5. The third kappa shape index (κ3) is 6.40. The summed E-state index contributed by atoms with van der Waals surface area (Å²) >= 11 is 0. The SMILES string of the molecule is Cl.Cl.O=C(NC1CCN(c2ccc(C(F)(F)F)cn2)CC1)C1CCCCN1. The summed E-state index contributed by atoms with van der Waals surface area (Å²) in [5.41, 5.74) is -0.738. The highest BCUT2D eigenvalue weighted by atomic mass is 35.5. The quantitative estimate of drug-likeness (QED) is 0.775. The summed E-state index contributed by atoms with van der Waals surface area (Å²) in [5, 5.41) is 6.33. The van der Waals surface area contributed by atoms with Gasteiger partial charge in [0.25, 0.3) is 0 Å². The van der Waals surface area contributed by atoms with Crippen LogP contribution < -0.4 is 15.5 Å². The van der Waals surface area contributed by atoms with Crippen molar-refractivity contribution in [2.45, 2.75) is 50.4 Å². The molecule has 2 N–H and O–H groups in total. The number of hydrogen-bond donors (Lipinski definition) is 2. The fourth-order valence-electron chi connectivity index (χ4n) is 3.37. The molecule has 3 heterocycles. The molecule has 0 aromatic carbocycles. The predicted molar refractivity (Wildman–Crippen MR) is 103 cm³/mol. The van der Waals surface area contributed by atoms with E-state index in [4.69, 9.17) is 0 Å². The molecule has 10 heteroatoms. The Kier molecular flexibility index (Phi) is 9.11. The highest BCUT2D eigenvalue weighted by molar-refractivity contribution is 5.85. The largest absolute Gasteiger partial charge is 0.417 e. The molecular weight excluding hydrogens is 404 g/mol. The summed E-state index contributed by atoms with van der Waals surface area (Å²) in [4.78, 5) is 18.1. The number of carbonyl (C=O) groups excluding carboxylic acids is 1. The van der Waals surface area contributed by atoms with Gasteiger partial charge in [-0.2, -0.15) is 13.2 Å². The minimum Gasteiger partial charge on any atom is -0.356 e.